The maximum absolute atomic E-state index is 13.5. The molecule has 2 aromatic rings. The van der Waals surface area contributed by atoms with Crippen LogP contribution in [0, 0.1) is 0 Å². The third-order valence-electron chi connectivity index (χ3n) is 6.04. The minimum atomic E-state index is -0.698. The number of benzene rings is 2. The lowest BCUT2D eigenvalue weighted by Crippen LogP contribution is -2.33. The van der Waals surface area contributed by atoms with Gasteiger partial charge in [-0.2, -0.15) is 0 Å². The SMILES string of the molecule is CCOC(=O)C1=C(N)OC2=C(C(=O)C[C@H](c3ccccc3)C2)[C@H]1c1ccc2c(c1)OCO2. The highest BCUT2D eigenvalue weighted by molar-refractivity contribution is 6.03. The highest BCUT2D eigenvalue weighted by Crippen LogP contribution is 2.48. The second-order valence-corrected chi connectivity index (χ2v) is 7.92. The summed E-state index contributed by atoms with van der Waals surface area (Å²) in [4.78, 5) is 26.3. The lowest BCUT2D eigenvalue weighted by atomic mass is 9.73. The van der Waals surface area contributed by atoms with E-state index in [2.05, 4.69) is 0 Å². The number of allylic oxidation sites excluding steroid dienone is 2. The van der Waals surface area contributed by atoms with E-state index in [0.717, 1.165) is 5.56 Å². The van der Waals surface area contributed by atoms with Gasteiger partial charge in [0.25, 0.3) is 0 Å². The molecule has 7 nitrogen and oxygen atoms in total. The fourth-order valence-electron chi connectivity index (χ4n) is 4.60. The molecule has 5 rings (SSSR count). The van der Waals surface area contributed by atoms with E-state index in [0.29, 0.717) is 41.2 Å². The highest BCUT2D eigenvalue weighted by Gasteiger charge is 2.43. The Bertz CT molecular complexity index is 1150. The molecule has 1 aliphatic carbocycles. The van der Waals surface area contributed by atoms with E-state index < -0.39 is 11.9 Å². The summed E-state index contributed by atoms with van der Waals surface area (Å²) < 4.78 is 22.1. The number of rotatable bonds is 4. The molecule has 32 heavy (non-hydrogen) atoms. The van der Waals surface area contributed by atoms with E-state index in [9.17, 15) is 9.59 Å². The van der Waals surface area contributed by atoms with E-state index >= 15 is 0 Å². The largest absolute Gasteiger partial charge is 0.462 e. The number of carbonyl (C=O) groups excluding carboxylic acids is 2. The number of carbonyl (C=O) groups is 2. The second-order valence-electron chi connectivity index (χ2n) is 7.92. The van der Waals surface area contributed by atoms with Crippen molar-refractivity contribution in [1.29, 1.82) is 0 Å². The lowest BCUT2D eigenvalue weighted by Gasteiger charge is -2.35. The van der Waals surface area contributed by atoms with Crippen LogP contribution >= 0.6 is 0 Å². The maximum Gasteiger partial charge on any atom is 0.340 e. The summed E-state index contributed by atoms with van der Waals surface area (Å²) in [5.74, 6) is 0.254. The average Bonchev–Trinajstić information content (AvgIpc) is 3.26. The molecule has 0 amide bonds. The zero-order chi connectivity index (χ0) is 22.2. The van der Waals surface area contributed by atoms with Crippen molar-refractivity contribution >= 4 is 11.8 Å². The van der Waals surface area contributed by atoms with Crippen molar-refractivity contribution in [2.45, 2.75) is 31.6 Å². The Balaban J connectivity index is 1.60. The normalized spacial score (nSPS) is 21.8. The van der Waals surface area contributed by atoms with Crippen LogP contribution in [-0.4, -0.2) is 25.2 Å². The number of esters is 1. The summed E-state index contributed by atoms with van der Waals surface area (Å²) in [6.45, 7) is 2.02. The van der Waals surface area contributed by atoms with Crippen molar-refractivity contribution in [1.82, 2.24) is 0 Å². The van der Waals surface area contributed by atoms with Crippen molar-refractivity contribution in [2.75, 3.05) is 13.4 Å². The molecule has 3 aliphatic rings. The molecular weight excluding hydrogens is 410 g/mol. The van der Waals surface area contributed by atoms with Gasteiger partial charge in [0.05, 0.1) is 12.5 Å². The molecule has 7 heteroatoms. The summed E-state index contributed by atoms with van der Waals surface area (Å²) in [5.41, 5.74) is 8.59. The van der Waals surface area contributed by atoms with Crippen LogP contribution in [0.15, 0.2) is 71.3 Å². The van der Waals surface area contributed by atoms with Gasteiger partial charge in [-0.1, -0.05) is 36.4 Å². The van der Waals surface area contributed by atoms with E-state index in [4.69, 9.17) is 24.7 Å². The van der Waals surface area contributed by atoms with E-state index in [-0.39, 0.29) is 36.6 Å². The molecular formula is C25H23NO6. The van der Waals surface area contributed by atoms with Crippen molar-refractivity contribution < 1.29 is 28.5 Å². The van der Waals surface area contributed by atoms with Gasteiger partial charge in [-0.25, -0.2) is 4.79 Å². The van der Waals surface area contributed by atoms with Crippen molar-refractivity contribution in [3.8, 4) is 11.5 Å². The van der Waals surface area contributed by atoms with Crippen LogP contribution in [0.25, 0.3) is 0 Å². The molecule has 0 saturated heterocycles. The lowest BCUT2D eigenvalue weighted by molar-refractivity contribution is -0.139. The summed E-state index contributed by atoms with van der Waals surface area (Å²) in [6, 6.07) is 15.2. The average molecular weight is 433 g/mol. The quantitative estimate of drug-likeness (QED) is 0.735. The van der Waals surface area contributed by atoms with Crippen LogP contribution in [0.2, 0.25) is 0 Å². The topological polar surface area (TPSA) is 97.1 Å². The van der Waals surface area contributed by atoms with E-state index in [1.54, 1.807) is 19.1 Å². The third-order valence-corrected chi connectivity index (χ3v) is 6.04. The number of hydrogen-bond donors (Lipinski definition) is 1. The maximum atomic E-state index is 13.5. The molecule has 2 atom stereocenters. The minimum Gasteiger partial charge on any atom is -0.462 e. The van der Waals surface area contributed by atoms with Gasteiger partial charge in [0, 0.05) is 18.4 Å². The predicted molar refractivity (Wildman–Crippen MR) is 115 cm³/mol. The Hall–Kier alpha value is -3.74. The Morgan fingerprint density at radius 2 is 1.84 bits per heavy atom. The highest BCUT2D eigenvalue weighted by atomic mass is 16.7. The summed E-state index contributed by atoms with van der Waals surface area (Å²) >= 11 is 0. The summed E-state index contributed by atoms with van der Waals surface area (Å²) in [7, 11) is 0. The van der Waals surface area contributed by atoms with Crippen LogP contribution in [0.1, 0.15) is 42.7 Å². The monoisotopic (exact) mass is 433 g/mol. The molecule has 2 aromatic carbocycles. The van der Waals surface area contributed by atoms with Gasteiger partial charge in [-0.3, -0.25) is 4.79 Å². The van der Waals surface area contributed by atoms with E-state index in [1.165, 1.54) is 0 Å². The number of fused-ring (bicyclic) bond motifs is 1. The van der Waals surface area contributed by atoms with Crippen molar-refractivity contribution in [3.05, 3.63) is 82.4 Å². The zero-order valence-corrected chi connectivity index (χ0v) is 17.6. The van der Waals surface area contributed by atoms with Crippen molar-refractivity contribution in [2.24, 2.45) is 5.73 Å². The first-order valence-corrected chi connectivity index (χ1v) is 10.6. The molecule has 164 valence electrons. The first-order valence-electron chi connectivity index (χ1n) is 10.6. The Morgan fingerprint density at radius 1 is 1.06 bits per heavy atom. The smallest absolute Gasteiger partial charge is 0.340 e. The second kappa shape index (κ2) is 8.07. The zero-order valence-electron chi connectivity index (χ0n) is 17.6. The molecule has 0 aromatic heterocycles. The van der Waals surface area contributed by atoms with Crippen LogP contribution in [0.3, 0.4) is 0 Å². The van der Waals surface area contributed by atoms with E-state index in [1.807, 2.05) is 36.4 Å². The van der Waals surface area contributed by atoms with Gasteiger partial charge in [-0.15, -0.1) is 0 Å². The Kier molecular flexibility index (Phi) is 5.09. The van der Waals surface area contributed by atoms with Crippen LogP contribution in [0.5, 0.6) is 11.5 Å². The molecule has 0 spiro atoms. The molecule has 0 radical (unpaired) electrons. The minimum absolute atomic E-state index is 0.0169. The van der Waals surface area contributed by atoms with Crippen LogP contribution in [0.4, 0.5) is 0 Å². The predicted octanol–water partition coefficient (Wildman–Crippen LogP) is 3.66. The molecule has 0 saturated carbocycles. The molecule has 0 fully saturated rings. The number of Topliss-reactive ketones (excluding diaryl/α,β-unsaturated/α-hetero) is 1. The van der Waals surface area contributed by atoms with Gasteiger partial charge < -0.3 is 24.7 Å². The standard InChI is InChI=1S/C25H23NO6/c1-2-29-25(28)23-21(15-8-9-18-19(11-15)31-13-30-18)22-17(27)10-16(12-20(22)32-24(23)26)14-6-4-3-5-7-14/h3-9,11,16,21H,2,10,12-13,26H2,1H3/t16-,21+/m0/s1. The Labute approximate surface area is 185 Å². The fraction of sp³-hybridized carbons (Fsp3) is 0.280. The Morgan fingerprint density at radius 3 is 2.62 bits per heavy atom. The number of hydrogen-bond acceptors (Lipinski definition) is 7. The molecule has 2 N–H and O–H groups in total. The first-order chi connectivity index (χ1) is 15.6. The molecule has 2 heterocycles. The number of ether oxygens (including phenoxy) is 4. The van der Waals surface area contributed by atoms with Gasteiger partial charge in [0.2, 0.25) is 12.7 Å². The fourth-order valence-corrected chi connectivity index (χ4v) is 4.60. The summed E-state index contributed by atoms with van der Waals surface area (Å²) in [5, 5.41) is 0. The van der Waals surface area contributed by atoms with Crippen LogP contribution < -0.4 is 15.2 Å². The first kappa shape index (κ1) is 20.2. The van der Waals surface area contributed by atoms with Gasteiger partial charge in [0.15, 0.2) is 17.3 Å². The number of ketones is 1. The van der Waals surface area contributed by atoms with Gasteiger partial charge in [-0.05, 0) is 36.1 Å². The van der Waals surface area contributed by atoms with Crippen molar-refractivity contribution in [3.63, 3.8) is 0 Å². The molecule has 0 unspecified atom stereocenters. The van der Waals surface area contributed by atoms with Crippen LogP contribution in [-0.2, 0) is 19.1 Å². The third kappa shape index (κ3) is 3.39. The molecule has 0 bridgehead atoms. The van der Waals surface area contributed by atoms with Gasteiger partial charge in [0.1, 0.15) is 11.3 Å². The van der Waals surface area contributed by atoms with Gasteiger partial charge >= 0.3 is 5.97 Å². The summed E-state index contributed by atoms with van der Waals surface area (Å²) in [6.07, 6.45) is 0.839. The number of nitrogens with two attached hydrogens (primary N) is 1. The molecule has 2 aliphatic heterocycles.